The smallest absolute Gasteiger partial charge is 0.325 e. The maximum absolute atomic E-state index is 10.9. The number of ether oxygens (including phenoxy) is 1. The van der Waals surface area contributed by atoms with E-state index in [1.807, 2.05) is 19.2 Å². The minimum absolute atomic E-state index is 0.596. The summed E-state index contributed by atoms with van der Waals surface area (Å²) in [5, 5.41) is 8.97. The number of hydrogen-bond donors (Lipinski definition) is 2. The Bertz CT molecular complexity index is 420. The molecule has 0 aliphatic rings. The third-order valence-electron chi connectivity index (χ3n) is 2.61. The predicted molar refractivity (Wildman–Crippen MR) is 68.7 cm³/mol. The van der Waals surface area contributed by atoms with Crippen molar-refractivity contribution in [3.05, 3.63) is 23.3 Å². The highest BCUT2D eigenvalue weighted by Gasteiger charge is 2.20. The van der Waals surface area contributed by atoms with E-state index in [1.165, 1.54) is 11.8 Å². The van der Waals surface area contributed by atoms with Crippen LogP contribution in [0.25, 0.3) is 0 Å². The zero-order valence-corrected chi connectivity index (χ0v) is 11.0. The maximum Gasteiger partial charge on any atom is 0.325 e. The summed E-state index contributed by atoms with van der Waals surface area (Å²) in [5.74, 6) is -0.344. The largest absolute Gasteiger partial charge is 0.496 e. The number of aryl methyl sites for hydroxylation is 1. The summed E-state index contributed by atoms with van der Waals surface area (Å²) in [6, 6.07) is 2.66. The molecule has 0 aromatic heterocycles. The predicted octanol–water partition coefficient (Wildman–Crippen LogP) is 2.06. The molecule has 0 amide bonds. The van der Waals surface area contributed by atoms with Gasteiger partial charge in [-0.1, -0.05) is 6.92 Å². The van der Waals surface area contributed by atoms with Gasteiger partial charge in [-0.05, 0) is 35.9 Å². The van der Waals surface area contributed by atoms with E-state index in [0.29, 0.717) is 11.3 Å². The second-order valence-corrected chi connectivity index (χ2v) is 4.42. The van der Waals surface area contributed by atoms with Gasteiger partial charge in [-0.15, -0.1) is 11.8 Å². The van der Waals surface area contributed by atoms with Crippen molar-refractivity contribution in [3.63, 3.8) is 0 Å². The number of carbonyl (C=O) groups is 1. The zero-order valence-electron chi connectivity index (χ0n) is 10.2. The van der Waals surface area contributed by atoms with Crippen molar-refractivity contribution in [2.45, 2.75) is 24.3 Å². The van der Waals surface area contributed by atoms with Crippen molar-refractivity contribution in [2.75, 3.05) is 13.4 Å². The van der Waals surface area contributed by atoms with E-state index >= 15 is 0 Å². The molecular formula is C12H17NO3S. The first kappa shape index (κ1) is 13.9. The molecule has 1 unspecified atom stereocenters. The molecule has 4 nitrogen and oxygen atoms in total. The lowest BCUT2D eigenvalue weighted by Gasteiger charge is -2.16. The van der Waals surface area contributed by atoms with Crippen molar-refractivity contribution in [1.82, 2.24) is 0 Å². The fourth-order valence-electron chi connectivity index (χ4n) is 1.64. The van der Waals surface area contributed by atoms with Crippen LogP contribution in [0.15, 0.2) is 17.0 Å². The minimum Gasteiger partial charge on any atom is -0.496 e. The van der Waals surface area contributed by atoms with Crippen LogP contribution in [0.1, 0.15) is 24.1 Å². The molecule has 1 aromatic carbocycles. The van der Waals surface area contributed by atoms with E-state index < -0.39 is 12.0 Å². The van der Waals surface area contributed by atoms with E-state index in [-0.39, 0.29) is 0 Å². The molecule has 0 saturated carbocycles. The second-order valence-electron chi connectivity index (χ2n) is 3.58. The summed E-state index contributed by atoms with van der Waals surface area (Å²) >= 11 is 1.49. The standard InChI is InChI=1S/C12H17NO3S/c1-4-7-5-10(17-3)8(6-9(7)16-2)11(13)12(14)15/h5-6,11H,4,13H2,1-3H3,(H,14,15). The van der Waals surface area contributed by atoms with Crippen LogP contribution in [-0.4, -0.2) is 24.4 Å². The van der Waals surface area contributed by atoms with E-state index in [2.05, 4.69) is 0 Å². The van der Waals surface area contributed by atoms with Gasteiger partial charge in [0.2, 0.25) is 0 Å². The Kier molecular flexibility index (Phi) is 4.84. The van der Waals surface area contributed by atoms with Gasteiger partial charge in [0.15, 0.2) is 0 Å². The first-order valence-corrected chi connectivity index (χ1v) is 6.50. The zero-order chi connectivity index (χ0) is 13.0. The number of rotatable bonds is 5. The van der Waals surface area contributed by atoms with Crippen molar-refractivity contribution in [2.24, 2.45) is 5.73 Å². The third-order valence-corrected chi connectivity index (χ3v) is 3.41. The summed E-state index contributed by atoms with van der Waals surface area (Å²) in [5.41, 5.74) is 7.31. The molecule has 5 heteroatoms. The number of carboxylic acids is 1. The molecule has 17 heavy (non-hydrogen) atoms. The SMILES string of the molecule is CCc1cc(SC)c(C(N)C(=O)O)cc1OC. The number of benzene rings is 1. The lowest BCUT2D eigenvalue weighted by Crippen LogP contribution is -2.21. The fraction of sp³-hybridized carbons (Fsp3) is 0.417. The molecule has 3 N–H and O–H groups in total. The topological polar surface area (TPSA) is 72.6 Å². The summed E-state index contributed by atoms with van der Waals surface area (Å²) in [7, 11) is 1.57. The number of aliphatic carboxylic acids is 1. The molecule has 1 rings (SSSR count). The molecule has 1 aromatic rings. The molecule has 1 atom stereocenters. The fourth-order valence-corrected chi connectivity index (χ4v) is 2.32. The third kappa shape index (κ3) is 2.92. The molecule has 0 aliphatic heterocycles. The van der Waals surface area contributed by atoms with E-state index in [0.717, 1.165) is 16.9 Å². The number of methoxy groups -OCH3 is 1. The van der Waals surface area contributed by atoms with Crippen LogP contribution in [0, 0.1) is 0 Å². The Morgan fingerprint density at radius 2 is 2.24 bits per heavy atom. The van der Waals surface area contributed by atoms with Crippen LogP contribution >= 0.6 is 11.8 Å². The van der Waals surface area contributed by atoms with Crippen LogP contribution in [-0.2, 0) is 11.2 Å². The van der Waals surface area contributed by atoms with E-state index in [1.54, 1.807) is 13.2 Å². The number of hydrogen-bond acceptors (Lipinski definition) is 4. The van der Waals surface area contributed by atoms with Crippen LogP contribution in [0.2, 0.25) is 0 Å². The van der Waals surface area contributed by atoms with Gasteiger partial charge < -0.3 is 15.6 Å². The van der Waals surface area contributed by atoms with Crippen molar-refractivity contribution < 1.29 is 14.6 Å². The average molecular weight is 255 g/mol. The lowest BCUT2D eigenvalue weighted by molar-refractivity contribution is -0.138. The summed E-state index contributed by atoms with van der Waals surface area (Å²) in [4.78, 5) is 11.8. The van der Waals surface area contributed by atoms with Crippen molar-refractivity contribution >= 4 is 17.7 Å². The first-order valence-electron chi connectivity index (χ1n) is 5.28. The molecule has 0 heterocycles. The van der Waals surface area contributed by atoms with E-state index in [4.69, 9.17) is 15.6 Å². The quantitative estimate of drug-likeness (QED) is 0.788. The first-order chi connectivity index (χ1) is 8.04. The molecule has 0 radical (unpaired) electrons. The van der Waals surface area contributed by atoms with Gasteiger partial charge in [-0.3, -0.25) is 4.79 Å². The number of thioether (sulfide) groups is 1. The highest BCUT2D eigenvalue weighted by molar-refractivity contribution is 7.98. The van der Waals surface area contributed by atoms with Crippen molar-refractivity contribution in [3.8, 4) is 5.75 Å². The maximum atomic E-state index is 10.9. The Balaban J connectivity index is 3.33. The highest BCUT2D eigenvalue weighted by Crippen LogP contribution is 2.32. The van der Waals surface area contributed by atoms with Crippen molar-refractivity contribution in [1.29, 1.82) is 0 Å². The lowest BCUT2D eigenvalue weighted by atomic mass is 10.0. The summed E-state index contributed by atoms with van der Waals surface area (Å²) < 4.78 is 5.25. The summed E-state index contributed by atoms with van der Waals surface area (Å²) in [6.07, 6.45) is 2.73. The van der Waals surface area contributed by atoms with Gasteiger partial charge in [0, 0.05) is 4.90 Å². The monoisotopic (exact) mass is 255 g/mol. The molecular weight excluding hydrogens is 238 g/mol. The van der Waals surface area contributed by atoms with Gasteiger partial charge in [-0.2, -0.15) is 0 Å². The van der Waals surface area contributed by atoms with Gasteiger partial charge in [-0.25, -0.2) is 0 Å². The Hall–Kier alpha value is -1.20. The van der Waals surface area contributed by atoms with Crippen LogP contribution < -0.4 is 10.5 Å². The Morgan fingerprint density at radius 1 is 1.59 bits per heavy atom. The molecule has 0 bridgehead atoms. The van der Waals surface area contributed by atoms with Gasteiger partial charge in [0.05, 0.1) is 7.11 Å². The number of nitrogens with two attached hydrogens (primary N) is 1. The van der Waals surface area contributed by atoms with Gasteiger partial charge >= 0.3 is 5.97 Å². The van der Waals surface area contributed by atoms with Crippen LogP contribution in [0.3, 0.4) is 0 Å². The minimum atomic E-state index is -1.04. The normalized spacial score (nSPS) is 12.2. The molecule has 94 valence electrons. The Morgan fingerprint density at radius 3 is 2.65 bits per heavy atom. The van der Waals surface area contributed by atoms with E-state index in [9.17, 15) is 4.79 Å². The van der Waals surface area contributed by atoms with Gasteiger partial charge in [0.1, 0.15) is 11.8 Å². The average Bonchev–Trinajstić information content (AvgIpc) is 2.35. The number of carboxylic acid groups (broad SMARTS) is 1. The molecule has 0 fully saturated rings. The Labute approximate surface area is 105 Å². The summed E-state index contributed by atoms with van der Waals surface area (Å²) in [6.45, 7) is 2.03. The molecule has 0 spiro atoms. The second kappa shape index (κ2) is 5.93. The van der Waals surface area contributed by atoms with Crippen LogP contribution in [0.5, 0.6) is 5.75 Å². The molecule has 0 aliphatic carbocycles. The molecule has 0 saturated heterocycles. The highest BCUT2D eigenvalue weighted by atomic mass is 32.2. The van der Waals surface area contributed by atoms with Crippen LogP contribution in [0.4, 0.5) is 0 Å². The van der Waals surface area contributed by atoms with Gasteiger partial charge in [0.25, 0.3) is 0 Å².